The average Bonchev–Trinajstić information content (AvgIpc) is 2.46. The van der Waals surface area contributed by atoms with E-state index in [1.54, 1.807) is 26.2 Å². The van der Waals surface area contributed by atoms with E-state index in [0.29, 0.717) is 18.7 Å². The van der Waals surface area contributed by atoms with Crippen LogP contribution in [0.2, 0.25) is 0 Å². The summed E-state index contributed by atoms with van der Waals surface area (Å²) in [6.45, 7) is 4.04. The number of urea groups is 1. The Labute approximate surface area is 124 Å². The second kappa shape index (κ2) is 8.26. The molecule has 6 heteroatoms. The first-order valence-corrected chi connectivity index (χ1v) is 6.86. The summed E-state index contributed by atoms with van der Waals surface area (Å²) in [7, 11) is 1.57. The second-order valence-electron chi connectivity index (χ2n) is 4.89. The van der Waals surface area contributed by atoms with Gasteiger partial charge in [-0.15, -0.1) is 0 Å². The Hall–Kier alpha value is -2.08. The van der Waals surface area contributed by atoms with E-state index in [1.165, 1.54) is 0 Å². The van der Waals surface area contributed by atoms with Gasteiger partial charge in [-0.25, -0.2) is 9.59 Å². The zero-order chi connectivity index (χ0) is 15.8. The molecule has 0 fully saturated rings. The van der Waals surface area contributed by atoms with Crippen LogP contribution >= 0.6 is 0 Å². The highest BCUT2D eigenvalue weighted by Crippen LogP contribution is 2.16. The number of amides is 2. The van der Waals surface area contributed by atoms with Gasteiger partial charge in [0.2, 0.25) is 0 Å². The predicted octanol–water partition coefficient (Wildman–Crippen LogP) is 2.45. The third kappa shape index (κ3) is 5.07. The number of ether oxygens (including phenoxy) is 1. The normalized spacial score (nSPS) is 13.3. The summed E-state index contributed by atoms with van der Waals surface area (Å²) in [4.78, 5) is 23.2. The van der Waals surface area contributed by atoms with Crippen molar-refractivity contribution in [1.29, 1.82) is 0 Å². The zero-order valence-electron chi connectivity index (χ0n) is 12.6. The Bertz CT molecular complexity index is 490. The molecule has 2 atom stereocenters. The van der Waals surface area contributed by atoms with Crippen LogP contribution in [0.4, 0.5) is 10.5 Å². The van der Waals surface area contributed by atoms with Gasteiger partial charge in [-0.2, -0.15) is 0 Å². The van der Waals surface area contributed by atoms with Crippen LogP contribution < -0.4 is 10.6 Å². The first kappa shape index (κ1) is 17.0. The van der Waals surface area contributed by atoms with Crippen LogP contribution in [0.25, 0.3) is 0 Å². The summed E-state index contributed by atoms with van der Waals surface area (Å²) in [5.41, 5.74) is 1.43. The lowest BCUT2D eigenvalue weighted by atomic mass is 9.99. The molecule has 1 aromatic rings. The number of methoxy groups -OCH3 is 1. The number of aliphatic carboxylic acids is 1. The number of benzene rings is 1. The highest BCUT2D eigenvalue weighted by Gasteiger charge is 2.25. The van der Waals surface area contributed by atoms with E-state index in [2.05, 4.69) is 10.6 Å². The molecule has 0 aliphatic heterocycles. The molecule has 0 spiro atoms. The molecule has 0 radical (unpaired) electrons. The van der Waals surface area contributed by atoms with Crippen molar-refractivity contribution in [3.05, 3.63) is 29.8 Å². The average molecular weight is 294 g/mol. The minimum Gasteiger partial charge on any atom is -0.480 e. The van der Waals surface area contributed by atoms with Crippen LogP contribution in [0.5, 0.6) is 0 Å². The topological polar surface area (TPSA) is 87.7 Å². The molecule has 0 unspecified atom stereocenters. The molecule has 0 aromatic heterocycles. The number of carbonyl (C=O) groups is 2. The summed E-state index contributed by atoms with van der Waals surface area (Å²) in [6.07, 6.45) is 0.664. The fraction of sp³-hybridized carbons (Fsp3) is 0.467. The van der Waals surface area contributed by atoms with E-state index in [1.807, 2.05) is 19.1 Å². The van der Waals surface area contributed by atoms with E-state index >= 15 is 0 Å². The lowest BCUT2D eigenvalue weighted by Crippen LogP contribution is -2.46. The van der Waals surface area contributed by atoms with Crippen molar-refractivity contribution < 1.29 is 19.4 Å². The molecule has 0 bridgehead atoms. The maximum absolute atomic E-state index is 12.0. The standard InChI is InChI=1S/C15H22N2O4/c1-4-10(2)13(14(18)19)17-15(20)16-12-8-6-5-7-11(12)9-21-3/h5-8,10,13H,4,9H2,1-3H3,(H,18,19)(H2,16,17,20)/t10-,13-/m0/s1. The number of carboxylic acids is 1. The number of hydrogen-bond donors (Lipinski definition) is 3. The molecule has 2 amide bonds. The summed E-state index contributed by atoms with van der Waals surface area (Å²) < 4.78 is 5.06. The third-order valence-electron chi connectivity index (χ3n) is 3.33. The molecule has 21 heavy (non-hydrogen) atoms. The molecular formula is C15H22N2O4. The lowest BCUT2D eigenvalue weighted by molar-refractivity contribution is -0.140. The van der Waals surface area contributed by atoms with Crippen molar-refractivity contribution >= 4 is 17.7 Å². The van der Waals surface area contributed by atoms with Crippen LogP contribution in [0.1, 0.15) is 25.8 Å². The molecular weight excluding hydrogens is 272 g/mol. The number of carboxylic acid groups (broad SMARTS) is 1. The number of rotatable bonds is 7. The van der Waals surface area contributed by atoms with Crippen molar-refractivity contribution in [2.24, 2.45) is 5.92 Å². The lowest BCUT2D eigenvalue weighted by Gasteiger charge is -2.20. The maximum Gasteiger partial charge on any atom is 0.326 e. The maximum atomic E-state index is 12.0. The quantitative estimate of drug-likeness (QED) is 0.721. The Balaban J connectivity index is 2.74. The van der Waals surface area contributed by atoms with Gasteiger partial charge in [-0.05, 0) is 12.0 Å². The molecule has 0 aliphatic rings. The predicted molar refractivity (Wildman–Crippen MR) is 80.2 cm³/mol. The van der Waals surface area contributed by atoms with Crippen molar-refractivity contribution in [3.63, 3.8) is 0 Å². The largest absolute Gasteiger partial charge is 0.480 e. The van der Waals surface area contributed by atoms with Crippen molar-refractivity contribution in [2.45, 2.75) is 32.9 Å². The number of carbonyl (C=O) groups excluding carboxylic acids is 1. The molecule has 0 heterocycles. The highest BCUT2D eigenvalue weighted by molar-refractivity contribution is 5.92. The first-order chi connectivity index (χ1) is 9.99. The summed E-state index contributed by atoms with van der Waals surface area (Å²) >= 11 is 0. The van der Waals surface area contributed by atoms with Gasteiger partial charge in [0.05, 0.1) is 6.61 Å². The van der Waals surface area contributed by atoms with E-state index in [9.17, 15) is 9.59 Å². The van der Waals surface area contributed by atoms with E-state index in [4.69, 9.17) is 9.84 Å². The van der Waals surface area contributed by atoms with E-state index in [0.717, 1.165) is 5.56 Å². The first-order valence-electron chi connectivity index (χ1n) is 6.86. The summed E-state index contributed by atoms with van der Waals surface area (Å²) in [6, 6.07) is 5.76. The van der Waals surface area contributed by atoms with E-state index < -0.39 is 18.0 Å². The van der Waals surface area contributed by atoms with Gasteiger partial charge in [0.1, 0.15) is 6.04 Å². The van der Waals surface area contributed by atoms with Crippen molar-refractivity contribution in [3.8, 4) is 0 Å². The van der Waals surface area contributed by atoms with Crippen LogP contribution in [-0.2, 0) is 16.1 Å². The van der Waals surface area contributed by atoms with Crippen molar-refractivity contribution in [1.82, 2.24) is 5.32 Å². The number of para-hydroxylation sites is 1. The van der Waals surface area contributed by atoms with Crippen LogP contribution in [0.15, 0.2) is 24.3 Å². The van der Waals surface area contributed by atoms with Crippen LogP contribution in [-0.4, -0.2) is 30.3 Å². The fourth-order valence-corrected chi connectivity index (χ4v) is 1.91. The van der Waals surface area contributed by atoms with Gasteiger partial charge in [-0.3, -0.25) is 0 Å². The van der Waals surface area contributed by atoms with Gasteiger partial charge >= 0.3 is 12.0 Å². The monoisotopic (exact) mass is 294 g/mol. The Morgan fingerprint density at radius 3 is 2.57 bits per heavy atom. The van der Waals surface area contributed by atoms with Gasteiger partial charge in [0, 0.05) is 18.4 Å². The molecule has 1 aromatic carbocycles. The number of anilines is 1. The highest BCUT2D eigenvalue weighted by atomic mass is 16.5. The van der Waals surface area contributed by atoms with Gasteiger partial charge in [0.15, 0.2) is 0 Å². The molecule has 0 saturated carbocycles. The van der Waals surface area contributed by atoms with Crippen molar-refractivity contribution in [2.75, 3.05) is 12.4 Å². The van der Waals surface area contributed by atoms with Gasteiger partial charge in [-0.1, -0.05) is 38.5 Å². The fourth-order valence-electron chi connectivity index (χ4n) is 1.91. The minimum atomic E-state index is -1.04. The molecule has 3 N–H and O–H groups in total. The summed E-state index contributed by atoms with van der Waals surface area (Å²) in [5, 5.41) is 14.3. The molecule has 6 nitrogen and oxygen atoms in total. The Morgan fingerprint density at radius 1 is 1.33 bits per heavy atom. The number of nitrogens with one attached hydrogen (secondary N) is 2. The zero-order valence-corrected chi connectivity index (χ0v) is 12.6. The van der Waals surface area contributed by atoms with Gasteiger partial charge in [0.25, 0.3) is 0 Å². The Kier molecular flexibility index (Phi) is 6.68. The van der Waals surface area contributed by atoms with Gasteiger partial charge < -0.3 is 20.5 Å². The van der Waals surface area contributed by atoms with Crippen LogP contribution in [0, 0.1) is 5.92 Å². The SMILES string of the molecule is CC[C@H](C)[C@H](NC(=O)Nc1ccccc1COC)C(=O)O. The van der Waals surface area contributed by atoms with Crippen LogP contribution in [0.3, 0.4) is 0 Å². The molecule has 0 saturated heterocycles. The summed E-state index contributed by atoms with van der Waals surface area (Å²) in [5.74, 6) is -1.19. The minimum absolute atomic E-state index is 0.150. The van der Waals surface area contributed by atoms with E-state index in [-0.39, 0.29) is 5.92 Å². The second-order valence-corrected chi connectivity index (χ2v) is 4.89. The molecule has 116 valence electrons. The number of hydrogen-bond acceptors (Lipinski definition) is 3. The smallest absolute Gasteiger partial charge is 0.326 e. The molecule has 0 aliphatic carbocycles. The Morgan fingerprint density at radius 2 is 2.00 bits per heavy atom. The molecule has 1 rings (SSSR count). The third-order valence-corrected chi connectivity index (χ3v) is 3.33.